The first-order chi connectivity index (χ1) is 15.0. The number of nitrogens with zero attached hydrogens (tertiary/aromatic N) is 4. The lowest BCUT2D eigenvalue weighted by atomic mass is 10.2. The average Bonchev–Trinajstić information content (AvgIpc) is 3.38. The van der Waals surface area contributed by atoms with Crippen molar-refractivity contribution in [2.45, 2.75) is 25.1 Å². The third-order valence-corrected chi connectivity index (χ3v) is 5.55. The van der Waals surface area contributed by atoms with Crippen LogP contribution in [0.25, 0.3) is 22.5 Å². The molecule has 4 aromatic rings. The van der Waals surface area contributed by atoms with E-state index >= 15 is 0 Å². The number of benzene rings is 2. The molecule has 2 aromatic heterocycles. The number of ether oxygens (including phenoxy) is 1. The maximum absolute atomic E-state index is 12.4. The number of amides is 1. The van der Waals surface area contributed by atoms with E-state index in [1.807, 2.05) is 74.0 Å². The first-order valence-electron chi connectivity index (χ1n) is 9.95. The molecule has 0 radical (unpaired) electrons. The van der Waals surface area contributed by atoms with Crippen molar-refractivity contribution in [3.63, 3.8) is 0 Å². The van der Waals surface area contributed by atoms with Gasteiger partial charge in [0.1, 0.15) is 11.6 Å². The molecule has 0 bridgehead atoms. The number of imidazole rings is 1. The number of para-hydroxylation sites is 2. The summed E-state index contributed by atoms with van der Waals surface area (Å²) in [5.74, 6) is 2.02. The van der Waals surface area contributed by atoms with Crippen LogP contribution in [-0.2, 0) is 11.8 Å². The average molecular weight is 438 g/mol. The molecule has 0 aliphatic carbocycles. The van der Waals surface area contributed by atoms with Gasteiger partial charge in [0, 0.05) is 12.6 Å². The van der Waals surface area contributed by atoms with Gasteiger partial charge in [0.2, 0.25) is 11.8 Å². The zero-order chi connectivity index (χ0) is 21.8. The van der Waals surface area contributed by atoms with Crippen molar-refractivity contribution < 1.29 is 13.9 Å². The van der Waals surface area contributed by atoms with Crippen LogP contribution in [0, 0.1) is 0 Å². The summed E-state index contributed by atoms with van der Waals surface area (Å²) < 4.78 is 13.1. The molecule has 160 valence electrons. The van der Waals surface area contributed by atoms with Crippen molar-refractivity contribution in [1.29, 1.82) is 0 Å². The number of fused-ring (bicyclic) bond motifs is 1. The van der Waals surface area contributed by atoms with E-state index in [1.165, 1.54) is 11.8 Å². The van der Waals surface area contributed by atoms with Crippen molar-refractivity contribution in [2.24, 2.45) is 7.05 Å². The van der Waals surface area contributed by atoms with Crippen molar-refractivity contribution in [3.05, 3.63) is 54.4 Å². The maximum atomic E-state index is 12.4. The second kappa shape index (κ2) is 9.22. The quantitative estimate of drug-likeness (QED) is 0.416. The Balaban J connectivity index is 1.34. The molecule has 1 N–H and O–H groups in total. The van der Waals surface area contributed by atoms with Gasteiger partial charge in [-0.3, -0.25) is 4.79 Å². The molecular weight excluding hydrogens is 414 g/mol. The molecule has 8 nitrogen and oxygen atoms in total. The second-order valence-corrected chi connectivity index (χ2v) is 7.85. The number of thioether (sulfide) groups is 1. The number of hydrogen-bond acceptors (Lipinski definition) is 7. The van der Waals surface area contributed by atoms with E-state index in [0.29, 0.717) is 17.7 Å². The van der Waals surface area contributed by atoms with Crippen LogP contribution in [0.2, 0.25) is 0 Å². The lowest BCUT2D eigenvalue weighted by molar-refractivity contribution is -0.119. The van der Waals surface area contributed by atoms with Crippen LogP contribution in [0.1, 0.15) is 25.7 Å². The molecule has 0 saturated carbocycles. The summed E-state index contributed by atoms with van der Waals surface area (Å²) in [5, 5.41) is 11.4. The summed E-state index contributed by atoms with van der Waals surface area (Å²) >= 11 is 1.20. The van der Waals surface area contributed by atoms with Gasteiger partial charge in [-0.1, -0.05) is 23.9 Å². The van der Waals surface area contributed by atoms with Crippen LogP contribution in [0.3, 0.4) is 0 Å². The fourth-order valence-corrected chi connectivity index (χ4v) is 3.85. The summed E-state index contributed by atoms with van der Waals surface area (Å²) in [4.78, 5) is 17.1. The molecule has 31 heavy (non-hydrogen) atoms. The zero-order valence-electron chi connectivity index (χ0n) is 17.5. The maximum Gasteiger partial charge on any atom is 0.277 e. The lowest BCUT2D eigenvalue weighted by Gasteiger charge is -2.13. The van der Waals surface area contributed by atoms with Crippen LogP contribution in [0.4, 0.5) is 0 Å². The predicted octanol–water partition coefficient (Wildman–Crippen LogP) is 3.99. The van der Waals surface area contributed by atoms with E-state index in [2.05, 4.69) is 20.5 Å². The van der Waals surface area contributed by atoms with Crippen LogP contribution in [-0.4, -0.2) is 38.0 Å². The topological polar surface area (TPSA) is 95.1 Å². The Hall–Kier alpha value is -3.33. The standard InChI is InChI=1S/C22H23N5O3S/c1-4-29-16-11-9-15(10-12-16)21-25-26-22(30-21)31-13-19(28)23-14(2)20-24-17-7-5-6-8-18(17)27(20)3/h5-12,14H,4,13H2,1-3H3,(H,23,28)/t14-/m0/s1. The van der Waals surface area contributed by atoms with E-state index in [1.54, 1.807) is 0 Å². The Kier molecular flexibility index (Phi) is 6.22. The Morgan fingerprint density at radius 2 is 1.97 bits per heavy atom. The lowest BCUT2D eigenvalue weighted by Crippen LogP contribution is -2.29. The van der Waals surface area contributed by atoms with Crippen molar-refractivity contribution >= 4 is 28.7 Å². The third kappa shape index (κ3) is 4.72. The number of nitrogens with one attached hydrogen (secondary N) is 1. The minimum atomic E-state index is -0.229. The van der Waals surface area contributed by atoms with Gasteiger partial charge in [-0.25, -0.2) is 4.98 Å². The van der Waals surface area contributed by atoms with E-state index in [-0.39, 0.29) is 17.7 Å². The molecule has 1 amide bonds. The van der Waals surface area contributed by atoms with Gasteiger partial charge in [-0.15, -0.1) is 10.2 Å². The Bertz CT molecular complexity index is 1190. The van der Waals surface area contributed by atoms with Gasteiger partial charge < -0.3 is 19.0 Å². The van der Waals surface area contributed by atoms with Crippen molar-refractivity contribution in [2.75, 3.05) is 12.4 Å². The summed E-state index contributed by atoms with van der Waals surface area (Å²) in [5.41, 5.74) is 2.73. The summed E-state index contributed by atoms with van der Waals surface area (Å²) in [6, 6.07) is 15.1. The van der Waals surface area contributed by atoms with Crippen LogP contribution in [0.5, 0.6) is 5.75 Å². The number of carbonyl (C=O) groups excluding carboxylic acids is 1. The Morgan fingerprint density at radius 1 is 1.19 bits per heavy atom. The largest absolute Gasteiger partial charge is 0.494 e. The second-order valence-electron chi connectivity index (χ2n) is 6.93. The molecule has 4 rings (SSSR count). The highest BCUT2D eigenvalue weighted by Gasteiger charge is 2.17. The monoisotopic (exact) mass is 437 g/mol. The SMILES string of the molecule is CCOc1ccc(-c2nnc(SCC(=O)N[C@@H](C)c3nc4ccccc4n3C)o2)cc1. The van der Waals surface area contributed by atoms with E-state index in [9.17, 15) is 4.79 Å². The highest BCUT2D eigenvalue weighted by molar-refractivity contribution is 7.99. The molecule has 0 aliphatic rings. The smallest absolute Gasteiger partial charge is 0.277 e. The van der Waals surface area contributed by atoms with Crippen LogP contribution >= 0.6 is 11.8 Å². The van der Waals surface area contributed by atoms with Crippen LogP contribution in [0.15, 0.2) is 58.2 Å². The van der Waals surface area contributed by atoms with Crippen LogP contribution < -0.4 is 10.1 Å². The van der Waals surface area contributed by atoms with Crippen molar-refractivity contribution in [1.82, 2.24) is 25.1 Å². The zero-order valence-corrected chi connectivity index (χ0v) is 18.3. The van der Waals surface area contributed by atoms with Gasteiger partial charge in [0.25, 0.3) is 5.22 Å². The number of aryl methyl sites for hydroxylation is 1. The van der Waals surface area contributed by atoms with Gasteiger partial charge in [0.15, 0.2) is 0 Å². The van der Waals surface area contributed by atoms with E-state index in [0.717, 1.165) is 28.2 Å². The highest BCUT2D eigenvalue weighted by atomic mass is 32.2. The number of hydrogen-bond donors (Lipinski definition) is 1. The number of aromatic nitrogens is 4. The summed E-state index contributed by atoms with van der Waals surface area (Å²) in [6.45, 7) is 4.46. The summed E-state index contributed by atoms with van der Waals surface area (Å²) in [7, 11) is 1.95. The fraction of sp³-hybridized carbons (Fsp3) is 0.273. The van der Waals surface area contributed by atoms with Gasteiger partial charge in [-0.2, -0.15) is 0 Å². The summed E-state index contributed by atoms with van der Waals surface area (Å²) in [6.07, 6.45) is 0. The molecule has 2 aromatic carbocycles. The normalized spacial score (nSPS) is 12.1. The van der Waals surface area contributed by atoms with Gasteiger partial charge in [0.05, 0.1) is 29.4 Å². The minimum Gasteiger partial charge on any atom is -0.494 e. The van der Waals surface area contributed by atoms with Gasteiger partial charge >= 0.3 is 0 Å². The molecule has 0 saturated heterocycles. The molecule has 0 fully saturated rings. The number of rotatable bonds is 8. The molecule has 2 heterocycles. The highest BCUT2D eigenvalue weighted by Crippen LogP contribution is 2.25. The fourth-order valence-electron chi connectivity index (χ4n) is 3.27. The first kappa shape index (κ1) is 20.9. The predicted molar refractivity (Wildman–Crippen MR) is 119 cm³/mol. The molecule has 0 unspecified atom stereocenters. The van der Waals surface area contributed by atoms with Crippen molar-refractivity contribution in [3.8, 4) is 17.2 Å². The Morgan fingerprint density at radius 3 is 2.71 bits per heavy atom. The minimum absolute atomic E-state index is 0.134. The van der Waals surface area contributed by atoms with E-state index in [4.69, 9.17) is 9.15 Å². The Labute approximate surface area is 184 Å². The molecule has 0 aliphatic heterocycles. The molecule has 0 spiro atoms. The number of carbonyl (C=O) groups is 1. The van der Waals surface area contributed by atoms with Gasteiger partial charge in [-0.05, 0) is 50.2 Å². The molecule has 1 atom stereocenters. The third-order valence-electron chi connectivity index (χ3n) is 4.73. The first-order valence-corrected chi connectivity index (χ1v) is 10.9. The molecule has 9 heteroatoms. The van der Waals surface area contributed by atoms with E-state index < -0.39 is 0 Å². The molecular formula is C22H23N5O3S.